The first-order valence-corrected chi connectivity index (χ1v) is 5.52. The van der Waals surface area contributed by atoms with E-state index in [1.54, 1.807) is 13.8 Å². The van der Waals surface area contributed by atoms with Crippen LogP contribution in [-0.2, 0) is 0 Å². The van der Waals surface area contributed by atoms with E-state index < -0.39 is 11.7 Å². The Labute approximate surface area is 108 Å². The third-order valence-corrected chi connectivity index (χ3v) is 2.79. The number of hydrogen-bond donors (Lipinski definition) is 2. The van der Waals surface area contributed by atoms with Gasteiger partial charge in [0.15, 0.2) is 0 Å². The molecule has 0 saturated heterocycles. The van der Waals surface area contributed by atoms with Crippen molar-refractivity contribution in [2.24, 2.45) is 5.73 Å². The number of nitrogens with two attached hydrogens (primary N) is 1. The van der Waals surface area contributed by atoms with Gasteiger partial charge >= 0.3 is 0 Å². The zero-order valence-electron chi connectivity index (χ0n) is 10.4. The van der Waals surface area contributed by atoms with Gasteiger partial charge in [0.2, 0.25) is 0 Å². The van der Waals surface area contributed by atoms with Gasteiger partial charge in [-0.1, -0.05) is 0 Å². The Hall–Kier alpha value is -2.50. The standard InChI is InChI=1S/C13H12FN3O2/c1-6-3-8(14)4-17-11(6)9-5-16-7(2)10(12(9)18)13(15)19/h3-5H,1-2H3,(H2,15,19)(H,16,18). The molecule has 2 aromatic rings. The van der Waals surface area contributed by atoms with Gasteiger partial charge in [-0.2, -0.15) is 0 Å². The topological polar surface area (TPSA) is 89.1 Å². The van der Waals surface area contributed by atoms with Gasteiger partial charge in [-0.05, 0) is 25.5 Å². The van der Waals surface area contributed by atoms with Crippen molar-refractivity contribution in [3.63, 3.8) is 0 Å². The van der Waals surface area contributed by atoms with Crippen molar-refractivity contribution in [2.45, 2.75) is 13.8 Å². The maximum absolute atomic E-state index is 13.0. The highest BCUT2D eigenvalue weighted by Crippen LogP contribution is 2.33. The minimum absolute atomic E-state index is 0.0528. The van der Waals surface area contributed by atoms with Crippen LogP contribution < -0.4 is 5.73 Å². The lowest BCUT2D eigenvalue weighted by Crippen LogP contribution is -2.14. The Balaban J connectivity index is 2.70. The summed E-state index contributed by atoms with van der Waals surface area (Å²) in [5.74, 6) is -1.54. The highest BCUT2D eigenvalue weighted by molar-refractivity contribution is 5.98. The number of primary amides is 1. The van der Waals surface area contributed by atoms with Crippen LogP contribution in [-0.4, -0.2) is 21.0 Å². The van der Waals surface area contributed by atoms with Gasteiger partial charge in [0, 0.05) is 6.20 Å². The molecule has 5 nitrogen and oxygen atoms in total. The number of hydrogen-bond acceptors (Lipinski definition) is 4. The number of carbonyl (C=O) groups is 1. The predicted molar refractivity (Wildman–Crippen MR) is 67.1 cm³/mol. The number of carbonyl (C=O) groups excluding carboxylic acids is 1. The van der Waals surface area contributed by atoms with E-state index in [2.05, 4.69) is 9.97 Å². The van der Waals surface area contributed by atoms with E-state index in [0.29, 0.717) is 17.0 Å². The summed E-state index contributed by atoms with van der Waals surface area (Å²) in [5.41, 5.74) is 6.61. The van der Waals surface area contributed by atoms with Crippen LogP contribution in [0.2, 0.25) is 0 Å². The van der Waals surface area contributed by atoms with Crippen molar-refractivity contribution in [1.82, 2.24) is 9.97 Å². The third-order valence-electron chi connectivity index (χ3n) is 2.79. The zero-order valence-corrected chi connectivity index (χ0v) is 10.4. The molecule has 0 saturated carbocycles. The van der Waals surface area contributed by atoms with Crippen LogP contribution in [0.25, 0.3) is 11.3 Å². The van der Waals surface area contributed by atoms with E-state index in [9.17, 15) is 14.3 Å². The van der Waals surface area contributed by atoms with E-state index in [1.807, 2.05) is 0 Å². The molecule has 0 fully saturated rings. The molecule has 0 radical (unpaired) electrons. The molecule has 0 aliphatic heterocycles. The first-order valence-electron chi connectivity index (χ1n) is 5.52. The molecule has 2 aromatic heterocycles. The predicted octanol–water partition coefficient (Wildman–Crippen LogP) is 1.70. The van der Waals surface area contributed by atoms with Crippen molar-refractivity contribution in [1.29, 1.82) is 0 Å². The fraction of sp³-hybridized carbons (Fsp3) is 0.154. The molecule has 19 heavy (non-hydrogen) atoms. The van der Waals surface area contributed by atoms with Gasteiger partial charge in [-0.3, -0.25) is 14.8 Å². The second kappa shape index (κ2) is 4.64. The first kappa shape index (κ1) is 12.9. The lowest BCUT2D eigenvalue weighted by atomic mass is 10.0. The van der Waals surface area contributed by atoms with Gasteiger partial charge in [0.25, 0.3) is 5.91 Å². The Morgan fingerprint density at radius 2 is 2.00 bits per heavy atom. The summed E-state index contributed by atoms with van der Waals surface area (Å²) in [5, 5.41) is 10.1. The molecule has 0 aliphatic carbocycles. The van der Waals surface area contributed by atoms with Crippen LogP contribution in [0.4, 0.5) is 4.39 Å². The molecule has 0 aromatic carbocycles. The summed E-state index contributed by atoms with van der Waals surface area (Å²) in [6, 6.07) is 1.28. The zero-order chi connectivity index (χ0) is 14.2. The van der Waals surface area contributed by atoms with Crippen LogP contribution in [0.1, 0.15) is 21.6 Å². The summed E-state index contributed by atoms with van der Waals surface area (Å²) >= 11 is 0. The summed E-state index contributed by atoms with van der Waals surface area (Å²) in [6.07, 6.45) is 2.41. The molecule has 3 N–H and O–H groups in total. The Morgan fingerprint density at radius 1 is 1.32 bits per heavy atom. The average Bonchev–Trinajstić information content (AvgIpc) is 2.30. The van der Waals surface area contributed by atoms with Gasteiger partial charge in [-0.25, -0.2) is 4.39 Å². The Bertz CT molecular complexity index is 671. The van der Waals surface area contributed by atoms with Gasteiger partial charge in [0.1, 0.15) is 17.1 Å². The van der Waals surface area contributed by atoms with Crippen LogP contribution in [0.3, 0.4) is 0 Å². The van der Waals surface area contributed by atoms with Crippen molar-refractivity contribution >= 4 is 5.91 Å². The van der Waals surface area contributed by atoms with E-state index in [4.69, 9.17) is 5.73 Å². The quantitative estimate of drug-likeness (QED) is 0.861. The molecule has 0 atom stereocenters. The fourth-order valence-corrected chi connectivity index (χ4v) is 1.88. The first-order chi connectivity index (χ1) is 8.91. The van der Waals surface area contributed by atoms with Gasteiger partial charge in [0.05, 0.1) is 23.1 Å². The molecule has 0 unspecified atom stereocenters. The van der Waals surface area contributed by atoms with Crippen molar-refractivity contribution in [3.8, 4) is 17.0 Å². The number of rotatable bonds is 2. The lowest BCUT2D eigenvalue weighted by Gasteiger charge is -2.10. The van der Waals surface area contributed by atoms with E-state index in [0.717, 1.165) is 6.20 Å². The van der Waals surface area contributed by atoms with Crippen LogP contribution >= 0.6 is 0 Å². The van der Waals surface area contributed by atoms with E-state index >= 15 is 0 Å². The SMILES string of the molecule is Cc1cc(F)cnc1-c1cnc(C)c(C(N)=O)c1O. The number of aryl methyl sites for hydroxylation is 2. The Kier molecular flexibility index (Phi) is 3.16. The Morgan fingerprint density at radius 3 is 2.58 bits per heavy atom. The number of aromatic nitrogens is 2. The third kappa shape index (κ3) is 2.24. The summed E-state index contributed by atoms with van der Waals surface area (Å²) < 4.78 is 13.0. The number of halogens is 1. The smallest absolute Gasteiger partial charge is 0.254 e. The lowest BCUT2D eigenvalue weighted by molar-refractivity contribution is 0.0997. The fourth-order valence-electron chi connectivity index (χ4n) is 1.88. The minimum atomic E-state index is -0.774. The second-order valence-electron chi connectivity index (χ2n) is 4.16. The second-order valence-corrected chi connectivity index (χ2v) is 4.16. The van der Waals surface area contributed by atoms with Gasteiger partial charge < -0.3 is 10.8 Å². The summed E-state index contributed by atoms with van der Waals surface area (Å²) in [7, 11) is 0. The number of pyridine rings is 2. The highest BCUT2D eigenvalue weighted by Gasteiger charge is 2.19. The molecule has 98 valence electrons. The normalized spacial score (nSPS) is 10.5. The molecule has 0 spiro atoms. The van der Waals surface area contributed by atoms with Crippen LogP contribution in [0.5, 0.6) is 5.75 Å². The molecular weight excluding hydrogens is 249 g/mol. The minimum Gasteiger partial charge on any atom is -0.506 e. The van der Waals surface area contributed by atoms with E-state index in [1.165, 1.54) is 12.3 Å². The van der Waals surface area contributed by atoms with Crippen molar-refractivity contribution < 1.29 is 14.3 Å². The van der Waals surface area contributed by atoms with Crippen molar-refractivity contribution in [2.75, 3.05) is 0 Å². The molecule has 2 heterocycles. The average molecular weight is 261 g/mol. The molecular formula is C13H12FN3O2. The van der Waals surface area contributed by atoms with Crippen LogP contribution in [0.15, 0.2) is 18.5 Å². The number of nitrogens with zero attached hydrogens (tertiary/aromatic N) is 2. The van der Waals surface area contributed by atoms with E-state index in [-0.39, 0.29) is 16.9 Å². The monoisotopic (exact) mass is 261 g/mol. The summed E-state index contributed by atoms with van der Waals surface area (Å²) in [4.78, 5) is 19.2. The number of aromatic hydroxyl groups is 1. The molecule has 1 amide bonds. The largest absolute Gasteiger partial charge is 0.506 e. The number of amides is 1. The van der Waals surface area contributed by atoms with Crippen LogP contribution in [0, 0.1) is 19.7 Å². The maximum atomic E-state index is 13.0. The highest BCUT2D eigenvalue weighted by atomic mass is 19.1. The van der Waals surface area contributed by atoms with Gasteiger partial charge in [-0.15, -0.1) is 0 Å². The molecule has 0 bridgehead atoms. The summed E-state index contributed by atoms with van der Waals surface area (Å²) in [6.45, 7) is 3.21. The maximum Gasteiger partial charge on any atom is 0.254 e. The molecule has 2 rings (SSSR count). The van der Waals surface area contributed by atoms with Crippen molar-refractivity contribution in [3.05, 3.63) is 41.1 Å². The molecule has 0 aliphatic rings. The molecule has 6 heteroatoms.